The summed E-state index contributed by atoms with van der Waals surface area (Å²) in [6, 6.07) is 18.0. The average Bonchev–Trinajstić information content (AvgIpc) is 2.73. The van der Waals surface area contributed by atoms with Gasteiger partial charge < -0.3 is 14.8 Å². The highest BCUT2D eigenvalue weighted by Crippen LogP contribution is 2.52. The zero-order valence-corrected chi connectivity index (χ0v) is 18.8. The molecule has 3 nitrogen and oxygen atoms in total. The first-order valence-electron chi connectivity index (χ1n) is 10.3. The lowest BCUT2D eigenvalue weighted by Crippen LogP contribution is -2.32. The number of benzene rings is 3. The van der Waals surface area contributed by atoms with Crippen molar-refractivity contribution in [3.63, 3.8) is 0 Å². The summed E-state index contributed by atoms with van der Waals surface area (Å²) in [5, 5.41) is 4.34. The van der Waals surface area contributed by atoms with Crippen molar-refractivity contribution in [1.82, 2.24) is 0 Å². The molecule has 0 aliphatic carbocycles. The highest BCUT2D eigenvalue weighted by Gasteiger charge is 2.32. The van der Waals surface area contributed by atoms with Gasteiger partial charge in [0.05, 0.1) is 18.2 Å². The van der Waals surface area contributed by atoms with Crippen LogP contribution in [0, 0.1) is 0 Å². The van der Waals surface area contributed by atoms with E-state index in [4.69, 9.17) is 21.1 Å². The van der Waals surface area contributed by atoms with E-state index in [1.54, 1.807) is 7.11 Å². The van der Waals surface area contributed by atoms with Gasteiger partial charge in [-0.05, 0) is 62.2 Å². The van der Waals surface area contributed by atoms with Crippen LogP contribution in [0.3, 0.4) is 0 Å². The Morgan fingerprint density at radius 2 is 1.77 bits per heavy atom. The van der Waals surface area contributed by atoms with Crippen LogP contribution in [0.4, 0.5) is 5.69 Å². The minimum atomic E-state index is -0.122. The van der Waals surface area contributed by atoms with Crippen LogP contribution in [0.2, 0.25) is 5.02 Å². The predicted molar refractivity (Wildman–Crippen MR) is 130 cm³/mol. The van der Waals surface area contributed by atoms with Crippen molar-refractivity contribution < 1.29 is 9.47 Å². The molecule has 0 bridgehead atoms. The monoisotopic (exact) mass is 429 g/mol. The maximum absolute atomic E-state index is 6.49. The van der Waals surface area contributed by atoms with Gasteiger partial charge in [0.15, 0.2) is 0 Å². The largest absolute Gasteiger partial charge is 0.496 e. The first kappa shape index (κ1) is 19.8. The molecule has 2 heterocycles. The molecule has 5 rings (SSSR count). The Balaban J connectivity index is 1.84. The molecule has 0 amide bonds. The average molecular weight is 430 g/mol. The number of ether oxygens (including phenoxy) is 2. The summed E-state index contributed by atoms with van der Waals surface area (Å²) < 4.78 is 12.2. The van der Waals surface area contributed by atoms with E-state index in [9.17, 15) is 0 Å². The molecule has 0 saturated carbocycles. The number of fused-ring (bicyclic) bond motifs is 5. The number of hydrogen-bond donors (Lipinski definition) is 1. The lowest BCUT2D eigenvalue weighted by atomic mass is 9.83. The molecule has 0 spiro atoms. The summed E-state index contributed by atoms with van der Waals surface area (Å²) in [7, 11) is 1.69. The van der Waals surface area contributed by atoms with Crippen LogP contribution < -0.4 is 14.8 Å². The number of rotatable bonds is 2. The summed E-state index contributed by atoms with van der Waals surface area (Å²) in [5.74, 6) is 2.34. The van der Waals surface area contributed by atoms with Crippen molar-refractivity contribution >= 4 is 34.7 Å². The lowest BCUT2D eigenvalue weighted by Gasteiger charge is -2.35. The summed E-state index contributed by atoms with van der Waals surface area (Å²) >= 11 is 6.48. The van der Waals surface area contributed by atoms with Crippen molar-refractivity contribution in [3.05, 3.63) is 82.4 Å². The molecule has 31 heavy (non-hydrogen) atoms. The van der Waals surface area contributed by atoms with E-state index in [1.807, 2.05) is 48.5 Å². The number of nitrogens with one attached hydrogen (secondary N) is 1. The second kappa shape index (κ2) is 7.21. The third kappa shape index (κ3) is 3.30. The molecule has 0 atom stereocenters. The van der Waals surface area contributed by atoms with E-state index in [1.165, 1.54) is 5.57 Å². The van der Waals surface area contributed by atoms with Crippen LogP contribution in [0.15, 0.2) is 60.7 Å². The molecule has 0 fully saturated rings. The van der Waals surface area contributed by atoms with E-state index in [-0.39, 0.29) is 5.54 Å². The molecule has 3 aromatic rings. The molecule has 2 aliphatic rings. The Bertz CT molecular complexity index is 1270. The Morgan fingerprint density at radius 3 is 2.55 bits per heavy atom. The number of allylic oxidation sites excluding steroid dienone is 1. The molecule has 0 radical (unpaired) electrons. The molecule has 4 heteroatoms. The molecule has 0 aromatic heterocycles. The topological polar surface area (TPSA) is 30.5 Å². The third-order valence-corrected chi connectivity index (χ3v) is 6.11. The number of methoxy groups -OCH3 is 1. The molecule has 0 unspecified atom stereocenters. The summed E-state index contributed by atoms with van der Waals surface area (Å²) in [6.07, 6.45) is 4.29. The van der Waals surface area contributed by atoms with Crippen molar-refractivity contribution in [3.8, 4) is 22.6 Å². The van der Waals surface area contributed by atoms with Crippen LogP contribution in [0.25, 0.3) is 28.5 Å². The predicted octanol–water partition coefficient (Wildman–Crippen LogP) is 7.51. The second-order valence-corrected chi connectivity index (χ2v) is 8.96. The van der Waals surface area contributed by atoms with E-state index in [0.717, 1.165) is 50.8 Å². The number of anilines is 1. The van der Waals surface area contributed by atoms with Crippen LogP contribution in [0.5, 0.6) is 11.5 Å². The van der Waals surface area contributed by atoms with Gasteiger partial charge in [0.25, 0.3) is 0 Å². The standard InChI is InChI=1S/C27H24ClNO2/c1-16-15-27(2,3)29-20-13-12-18-25-21(30-4)10-7-11-22(25)31-23(26(18)24(16)20)14-17-8-5-6-9-19(17)28/h5-15,29H,1-4H3/b23-14+. The lowest BCUT2D eigenvalue weighted by molar-refractivity contribution is 0.412. The van der Waals surface area contributed by atoms with Gasteiger partial charge in [-0.25, -0.2) is 0 Å². The van der Waals surface area contributed by atoms with Gasteiger partial charge in [-0.1, -0.05) is 48.0 Å². The summed E-state index contributed by atoms with van der Waals surface area (Å²) in [5.41, 5.74) is 7.35. The van der Waals surface area contributed by atoms with E-state index < -0.39 is 0 Å². The Labute approximate surface area is 188 Å². The van der Waals surface area contributed by atoms with Crippen LogP contribution in [-0.4, -0.2) is 12.6 Å². The molecular formula is C27H24ClNO2. The quantitative estimate of drug-likeness (QED) is 0.457. The van der Waals surface area contributed by atoms with Crippen LogP contribution in [-0.2, 0) is 0 Å². The second-order valence-electron chi connectivity index (χ2n) is 8.55. The van der Waals surface area contributed by atoms with E-state index in [0.29, 0.717) is 5.02 Å². The van der Waals surface area contributed by atoms with Crippen molar-refractivity contribution in [2.24, 2.45) is 0 Å². The fourth-order valence-electron chi connectivity index (χ4n) is 4.61. The fraction of sp³-hybridized carbons (Fsp3) is 0.185. The van der Waals surface area contributed by atoms with E-state index >= 15 is 0 Å². The minimum absolute atomic E-state index is 0.122. The molecule has 0 saturated heterocycles. The van der Waals surface area contributed by atoms with Gasteiger partial charge in [0.2, 0.25) is 0 Å². The van der Waals surface area contributed by atoms with Gasteiger partial charge in [-0.3, -0.25) is 0 Å². The summed E-state index contributed by atoms with van der Waals surface area (Å²) in [6.45, 7) is 6.51. The Hall–Kier alpha value is -3.17. The smallest absolute Gasteiger partial charge is 0.139 e. The maximum Gasteiger partial charge on any atom is 0.139 e. The first-order chi connectivity index (χ1) is 14.9. The van der Waals surface area contributed by atoms with Crippen LogP contribution >= 0.6 is 11.6 Å². The third-order valence-electron chi connectivity index (χ3n) is 5.77. The van der Waals surface area contributed by atoms with Crippen molar-refractivity contribution in [1.29, 1.82) is 0 Å². The molecular weight excluding hydrogens is 406 g/mol. The highest BCUT2D eigenvalue weighted by molar-refractivity contribution is 6.32. The molecule has 3 aromatic carbocycles. The summed E-state index contributed by atoms with van der Waals surface area (Å²) in [4.78, 5) is 0. The van der Waals surface area contributed by atoms with Crippen molar-refractivity contribution in [2.45, 2.75) is 26.3 Å². The number of hydrogen-bond acceptors (Lipinski definition) is 3. The fourth-order valence-corrected chi connectivity index (χ4v) is 4.80. The molecule has 1 N–H and O–H groups in total. The van der Waals surface area contributed by atoms with Crippen LogP contribution in [0.1, 0.15) is 37.5 Å². The van der Waals surface area contributed by atoms with Crippen molar-refractivity contribution in [2.75, 3.05) is 12.4 Å². The SMILES string of the molecule is COc1cccc2c1-c1ccc3c(c1/C(=C\c1ccccc1Cl)O2)C(C)=CC(C)(C)N3. The highest BCUT2D eigenvalue weighted by atomic mass is 35.5. The first-order valence-corrected chi connectivity index (χ1v) is 10.7. The zero-order chi connectivity index (χ0) is 21.8. The van der Waals surface area contributed by atoms with Gasteiger partial charge in [0.1, 0.15) is 17.3 Å². The van der Waals surface area contributed by atoms with E-state index in [2.05, 4.69) is 44.3 Å². The number of halogens is 1. The Morgan fingerprint density at radius 1 is 0.968 bits per heavy atom. The van der Waals surface area contributed by atoms with Gasteiger partial charge >= 0.3 is 0 Å². The minimum Gasteiger partial charge on any atom is -0.496 e. The van der Waals surface area contributed by atoms with Gasteiger partial charge in [-0.15, -0.1) is 0 Å². The Kier molecular flexibility index (Phi) is 4.60. The molecule has 2 aliphatic heterocycles. The van der Waals surface area contributed by atoms with Gasteiger partial charge in [0, 0.05) is 27.4 Å². The normalized spacial score (nSPS) is 16.9. The molecule has 156 valence electrons. The van der Waals surface area contributed by atoms with Gasteiger partial charge in [-0.2, -0.15) is 0 Å². The zero-order valence-electron chi connectivity index (χ0n) is 18.0. The maximum atomic E-state index is 6.49.